The van der Waals surface area contributed by atoms with Gasteiger partial charge in [0.15, 0.2) is 15.6 Å². The van der Waals surface area contributed by atoms with E-state index in [1.165, 1.54) is 0 Å². The van der Waals surface area contributed by atoms with Gasteiger partial charge in [0.25, 0.3) is 0 Å². The summed E-state index contributed by atoms with van der Waals surface area (Å²) in [5, 5.41) is 3.92. The first kappa shape index (κ1) is 20.3. The lowest BCUT2D eigenvalue weighted by Crippen LogP contribution is -2.56. The van der Waals surface area contributed by atoms with Gasteiger partial charge in [0, 0.05) is 44.8 Å². The molecule has 1 amide bonds. The first-order valence-corrected chi connectivity index (χ1v) is 11.5. The summed E-state index contributed by atoms with van der Waals surface area (Å²) in [7, 11) is -3.00. The molecule has 0 bridgehead atoms. The van der Waals surface area contributed by atoms with Crippen LogP contribution in [0.4, 0.5) is 0 Å². The molecule has 0 aromatic carbocycles. The molecule has 1 aromatic rings. The van der Waals surface area contributed by atoms with E-state index >= 15 is 0 Å². The topological polar surface area (TPSA) is 87.0 Å². The van der Waals surface area contributed by atoms with Crippen LogP contribution in [0.1, 0.15) is 31.7 Å². The Hall–Kier alpha value is -1.45. The summed E-state index contributed by atoms with van der Waals surface area (Å²) < 4.78 is 28.8. The normalized spacial score (nSPS) is 24.8. The number of hydrogen-bond donors (Lipinski definition) is 0. The highest BCUT2D eigenvalue weighted by atomic mass is 32.2. The van der Waals surface area contributed by atoms with Crippen molar-refractivity contribution in [3.63, 3.8) is 0 Å². The van der Waals surface area contributed by atoms with Gasteiger partial charge in [-0.05, 0) is 27.2 Å². The number of aryl methyl sites for hydroxylation is 1. The largest absolute Gasteiger partial charge is 0.360 e. The van der Waals surface area contributed by atoms with Crippen LogP contribution in [0.3, 0.4) is 0 Å². The number of rotatable bonds is 6. The van der Waals surface area contributed by atoms with Crippen LogP contribution in [-0.2, 0) is 21.2 Å². The predicted molar refractivity (Wildman–Crippen MR) is 102 cm³/mol. The monoisotopic (exact) mass is 398 g/mol. The average Bonchev–Trinajstić information content (AvgIpc) is 3.20. The minimum absolute atomic E-state index is 0.0407. The molecule has 3 heterocycles. The number of aromatic nitrogens is 1. The maximum Gasteiger partial charge on any atom is 0.239 e. The number of carbonyl (C=O) groups excluding carboxylic acids is 1. The summed E-state index contributed by atoms with van der Waals surface area (Å²) in [6.07, 6.45) is 0.555. The van der Waals surface area contributed by atoms with Crippen molar-refractivity contribution in [1.29, 1.82) is 0 Å². The van der Waals surface area contributed by atoms with E-state index in [2.05, 4.69) is 15.0 Å². The Balaban J connectivity index is 1.53. The van der Waals surface area contributed by atoms with E-state index in [0.717, 1.165) is 44.2 Å². The Bertz CT molecular complexity index is 755. The number of carbonyl (C=O) groups is 1. The molecule has 1 aromatic heterocycles. The van der Waals surface area contributed by atoms with Crippen LogP contribution in [0.2, 0.25) is 0 Å². The fraction of sp³-hybridized carbons (Fsp3) is 0.778. The van der Waals surface area contributed by atoms with E-state index < -0.39 is 9.84 Å². The van der Waals surface area contributed by atoms with Crippen LogP contribution in [0.15, 0.2) is 10.6 Å². The molecule has 9 heteroatoms. The molecule has 0 unspecified atom stereocenters. The standard InChI is InChI=1S/C18H30N4O4S/c1-4-22(16-5-10-27(24,25)13-16)18(23)15(3)21-8-6-20(7-9-21)12-17-11-14(2)19-26-17/h11,15-16H,4-10,12-13H2,1-3H3/t15-,16+/m1/s1. The van der Waals surface area contributed by atoms with E-state index in [9.17, 15) is 13.2 Å². The van der Waals surface area contributed by atoms with E-state index in [0.29, 0.717) is 13.0 Å². The molecule has 0 radical (unpaired) electrons. The molecule has 3 rings (SSSR count). The van der Waals surface area contributed by atoms with Crippen molar-refractivity contribution in [2.45, 2.75) is 45.8 Å². The Morgan fingerprint density at radius 1 is 1.37 bits per heavy atom. The minimum Gasteiger partial charge on any atom is -0.360 e. The highest BCUT2D eigenvalue weighted by Crippen LogP contribution is 2.20. The van der Waals surface area contributed by atoms with Crippen LogP contribution in [0.25, 0.3) is 0 Å². The van der Waals surface area contributed by atoms with Crippen molar-refractivity contribution >= 4 is 15.7 Å². The van der Waals surface area contributed by atoms with Gasteiger partial charge < -0.3 is 9.42 Å². The van der Waals surface area contributed by atoms with E-state index in [1.54, 1.807) is 4.90 Å². The number of sulfone groups is 1. The molecule has 2 atom stereocenters. The second-order valence-corrected chi connectivity index (χ2v) is 9.83. The van der Waals surface area contributed by atoms with Crippen LogP contribution in [-0.4, -0.2) is 90.5 Å². The van der Waals surface area contributed by atoms with Crippen molar-refractivity contribution < 1.29 is 17.7 Å². The number of amides is 1. The van der Waals surface area contributed by atoms with Gasteiger partial charge in [-0.15, -0.1) is 0 Å². The summed E-state index contributed by atoms with van der Waals surface area (Å²) >= 11 is 0. The fourth-order valence-corrected chi connectivity index (χ4v) is 5.76. The van der Waals surface area contributed by atoms with Crippen molar-refractivity contribution in [1.82, 2.24) is 19.9 Å². The van der Waals surface area contributed by atoms with Crippen molar-refractivity contribution in [2.75, 3.05) is 44.2 Å². The fourth-order valence-electron chi connectivity index (χ4n) is 4.03. The van der Waals surface area contributed by atoms with E-state index in [-0.39, 0.29) is 29.5 Å². The number of piperazine rings is 1. The lowest BCUT2D eigenvalue weighted by atomic mass is 10.1. The Morgan fingerprint density at radius 2 is 2.07 bits per heavy atom. The number of nitrogens with zero attached hydrogens (tertiary/aromatic N) is 4. The smallest absolute Gasteiger partial charge is 0.239 e. The first-order chi connectivity index (χ1) is 12.8. The average molecular weight is 399 g/mol. The highest BCUT2D eigenvalue weighted by molar-refractivity contribution is 7.91. The summed E-state index contributed by atoms with van der Waals surface area (Å²) in [5.74, 6) is 1.20. The zero-order valence-corrected chi connectivity index (χ0v) is 17.2. The Labute approximate surface area is 161 Å². The zero-order valence-electron chi connectivity index (χ0n) is 16.4. The summed E-state index contributed by atoms with van der Waals surface area (Å²) in [6, 6.07) is 1.54. The first-order valence-electron chi connectivity index (χ1n) is 9.68. The number of likely N-dealkylation sites (N-methyl/N-ethyl adjacent to an activating group) is 1. The van der Waals surface area contributed by atoms with Gasteiger partial charge in [0.2, 0.25) is 5.91 Å². The molecule has 27 heavy (non-hydrogen) atoms. The second kappa shape index (κ2) is 8.28. The molecule has 2 fully saturated rings. The van der Waals surface area contributed by atoms with Crippen LogP contribution >= 0.6 is 0 Å². The molecule has 0 N–H and O–H groups in total. The summed E-state index contributed by atoms with van der Waals surface area (Å²) in [5.41, 5.74) is 0.886. The SMILES string of the molecule is CCN(C(=O)[C@@H](C)N1CCN(Cc2cc(C)no2)CC1)[C@H]1CCS(=O)(=O)C1. The number of hydrogen-bond acceptors (Lipinski definition) is 7. The molecule has 2 aliphatic heterocycles. The van der Waals surface area contributed by atoms with Crippen molar-refractivity contribution in [2.24, 2.45) is 0 Å². The maximum atomic E-state index is 13.0. The molecule has 152 valence electrons. The highest BCUT2D eigenvalue weighted by Gasteiger charge is 2.37. The van der Waals surface area contributed by atoms with E-state index in [4.69, 9.17) is 4.52 Å². The molecule has 0 aliphatic carbocycles. The third kappa shape index (κ3) is 4.89. The van der Waals surface area contributed by atoms with Gasteiger partial charge in [0.05, 0.1) is 29.8 Å². The van der Waals surface area contributed by atoms with Gasteiger partial charge in [-0.25, -0.2) is 8.42 Å². The Kier molecular flexibility index (Phi) is 6.22. The quantitative estimate of drug-likeness (QED) is 0.691. The predicted octanol–water partition coefficient (Wildman–Crippen LogP) is 0.525. The van der Waals surface area contributed by atoms with Gasteiger partial charge in [-0.3, -0.25) is 14.6 Å². The van der Waals surface area contributed by atoms with Gasteiger partial charge >= 0.3 is 0 Å². The zero-order chi connectivity index (χ0) is 19.6. The summed E-state index contributed by atoms with van der Waals surface area (Å²) in [4.78, 5) is 19.3. The van der Waals surface area contributed by atoms with Crippen LogP contribution in [0.5, 0.6) is 0 Å². The van der Waals surface area contributed by atoms with Crippen LogP contribution < -0.4 is 0 Å². The molecule has 0 saturated carbocycles. The van der Waals surface area contributed by atoms with E-state index in [1.807, 2.05) is 26.8 Å². The second-order valence-electron chi connectivity index (χ2n) is 7.60. The molecular formula is C18H30N4O4S. The van der Waals surface area contributed by atoms with Gasteiger partial charge in [-0.2, -0.15) is 0 Å². The molecule has 2 saturated heterocycles. The van der Waals surface area contributed by atoms with Crippen LogP contribution in [0, 0.1) is 6.92 Å². The van der Waals surface area contributed by atoms with Gasteiger partial charge in [-0.1, -0.05) is 5.16 Å². The maximum absolute atomic E-state index is 13.0. The summed E-state index contributed by atoms with van der Waals surface area (Å²) in [6.45, 7) is 10.4. The van der Waals surface area contributed by atoms with Gasteiger partial charge in [0.1, 0.15) is 0 Å². The Morgan fingerprint density at radius 3 is 2.59 bits per heavy atom. The third-order valence-electron chi connectivity index (χ3n) is 5.64. The van der Waals surface area contributed by atoms with Crippen molar-refractivity contribution in [3.8, 4) is 0 Å². The lowest BCUT2D eigenvalue weighted by molar-refractivity contribution is -0.138. The molecule has 8 nitrogen and oxygen atoms in total. The molecule has 0 spiro atoms. The van der Waals surface area contributed by atoms with Crippen molar-refractivity contribution in [3.05, 3.63) is 17.5 Å². The molecular weight excluding hydrogens is 368 g/mol. The lowest BCUT2D eigenvalue weighted by Gasteiger charge is -2.39. The minimum atomic E-state index is -3.00. The third-order valence-corrected chi connectivity index (χ3v) is 7.39. The molecule has 2 aliphatic rings.